The van der Waals surface area contributed by atoms with Crippen LogP contribution < -0.4 is 10.9 Å². The highest BCUT2D eigenvalue weighted by atomic mass is 35.5. The minimum absolute atomic E-state index is 0.158. The Balaban J connectivity index is 1.77. The molecule has 0 fully saturated rings. The molecular formula is C18H18ClN5O2. The molecule has 0 radical (unpaired) electrons. The number of nitrogens with one attached hydrogen (secondary N) is 1. The zero-order valence-electron chi connectivity index (χ0n) is 14.2. The van der Waals surface area contributed by atoms with Gasteiger partial charge in [-0.1, -0.05) is 29.8 Å². The third-order valence-electron chi connectivity index (χ3n) is 3.83. The van der Waals surface area contributed by atoms with Crippen LogP contribution in [0, 0.1) is 0 Å². The van der Waals surface area contributed by atoms with Crippen molar-refractivity contribution in [2.24, 2.45) is 0 Å². The summed E-state index contributed by atoms with van der Waals surface area (Å²) in [6.45, 7) is 3.01. The molecule has 0 atom stereocenters. The van der Waals surface area contributed by atoms with E-state index in [9.17, 15) is 9.59 Å². The maximum Gasteiger partial charge on any atom is 0.264 e. The number of aromatic nitrogens is 4. The van der Waals surface area contributed by atoms with Crippen molar-refractivity contribution in [1.29, 1.82) is 0 Å². The summed E-state index contributed by atoms with van der Waals surface area (Å²) in [5.41, 5.74) is 1.30. The van der Waals surface area contributed by atoms with E-state index in [1.165, 1.54) is 23.2 Å². The van der Waals surface area contributed by atoms with Crippen molar-refractivity contribution in [1.82, 2.24) is 24.6 Å². The Labute approximate surface area is 154 Å². The SMILES string of the molecule is C/C=C\C(=O)NCCn1ncc2c(=O)n(Cc3ccc(Cl)cc3)cnc21. The van der Waals surface area contributed by atoms with Gasteiger partial charge < -0.3 is 5.32 Å². The van der Waals surface area contributed by atoms with Crippen molar-refractivity contribution in [3.05, 3.63) is 69.9 Å². The van der Waals surface area contributed by atoms with Gasteiger partial charge in [-0.3, -0.25) is 14.2 Å². The van der Waals surface area contributed by atoms with Gasteiger partial charge in [0, 0.05) is 11.6 Å². The largest absolute Gasteiger partial charge is 0.351 e. The van der Waals surface area contributed by atoms with Crippen molar-refractivity contribution in [3.8, 4) is 0 Å². The maximum absolute atomic E-state index is 12.6. The van der Waals surface area contributed by atoms with Crippen molar-refractivity contribution in [3.63, 3.8) is 0 Å². The normalized spacial score (nSPS) is 11.3. The zero-order valence-corrected chi connectivity index (χ0v) is 15.0. The number of halogens is 1. The van der Waals surface area contributed by atoms with E-state index in [4.69, 9.17) is 11.6 Å². The number of hydrogen-bond acceptors (Lipinski definition) is 4. The Hall–Kier alpha value is -2.93. The number of amides is 1. The summed E-state index contributed by atoms with van der Waals surface area (Å²) in [7, 11) is 0. The smallest absolute Gasteiger partial charge is 0.264 e. The first-order valence-corrected chi connectivity index (χ1v) is 8.52. The zero-order chi connectivity index (χ0) is 18.5. The van der Waals surface area contributed by atoms with E-state index in [0.29, 0.717) is 35.7 Å². The van der Waals surface area contributed by atoms with Gasteiger partial charge in [0.25, 0.3) is 5.56 Å². The van der Waals surface area contributed by atoms with E-state index in [1.54, 1.807) is 29.8 Å². The number of carbonyl (C=O) groups is 1. The van der Waals surface area contributed by atoms with E-state index < -0.39 is 0 Å². The van der Waals surface area contributed by atoms with E-state index in [0.717, 1.165) is 5.56 Å². The maximum atomic E-state index is 12.6. The molecule has 8 heteroatoms. The van der Waals surface area contributed by atoms with Crippen LogP contribution >= 0.6 is 11.6 Å². The molecule has 0 aliphatic heterocycles. The second kappa shape index (κ2) is 7.97. The molecule has 7 nitrogen and oxygen atoms in total. The van der Waals surface area contributed by atoms with Gasteiger partial charge in [0.05, 0.1) is 19.3 Å². The monoisotopic (exact) mass is 371 g/mol. The van der Waals surface area contributed by atoms with Crippen molar-refractivity contribution >= 4 is 28.5 Å². The molecular weight excluding hydrogens is 354 g/mol. The Kier molecular flexibility index (Phi) is 5.48. The number of rotatable bonds is 6. The lowest BCUT2D eigenvalue weighted by atomic mass is 10.2. The Morgan fingerprint density at radius 3 is 2.81 bits per heavy atom. The summed E-state index contributed by atoms with van der Waals surface area (Å²) in [6.07, 6.45) is 6.14. The summed E-state index contributed by atoms with van der Waals surface area (Å²) in [5.74, 6) is -0.165. The number of carbonyl (C=O) groups excluding carboxylic acids is 1. The van der Waals surface area contributed by atoms with Gasteiger partial charge in [-0.05, 0) is 30.7 Å². The van der Waals surface area contributed by atoms with Crippen LogP contribution in [-0.2, 0) is 17.9 Å². The molecule has 0 saturated carbocycles. The average Bonchev–Trinajstić information content (AvgIpc) is 3.03. The highest BCUT2D eigenvalue weighted by Gasteiger charge is 2.10. The summed E-state index contributed by atoms with van der Waals surface area (Å²) in [6, 6.07) is 7.31. The van der Waals surface area contributed by atoms with Crippen LogP contribution in [0.3, 0.4) is 0 Å². The fraction of sp³-hybridized carbons (Fsp3) is 0.222. The lowest BCUT2D eigenvalue weighted by Crippen LogP contribution is -2.26. The molecule has 0 aliphatic carbocycles. The molecule has 1 amide bonds. The van der Waals surface area contributed by atoms with Crippen molar-refractivity contribution in [2.75, 3.05) is 6.54 Å². The van der Waals surface area contributed by atoms with Crippen LogP contribution in [0.2, 0.25) is 5.02 Å². The number of allylic oxidation sites excluding steroid dienone is 1. The Bertz CT molecular complexity index is 1000. The Morgan fingerprint density at radius 2 is 2.08 bits per heavy atom. The van der Waals surface area contributed by atoms with E-state index >= 15 is 0 Å². The van der Waals surface area contributed by atoms with E-state index in [1.807, 2.05) is 12.1 Å². The molecule has 0 aliphatic rings. The first-order valence-electron chi connectivity index (χ1n) is 8.14. The van der Waals surface area contributed by atoms with Crippen LogP contribution in [0.1, 0.15) is 12.5 Å². The van der Waals surface area contributed by atoms with Gasteiger partial charge in [0.1, 0.15) is 11.7 Å². The molecule has 3 rings (SSSR count). The molecule has 0 bridgehead atoms. The predicted octanol–water partition coefficient (Wildman–Crippen LogP) is 1.99. The fourth-order valence-electron chi connectivity index (χ4n) is 2.56. The Morgan fingerprint density at radius 1 is 1.31 bits per heavy atom. The van der Waals surface area contributed by atoms with Crippen LogP contribution in [0.4, 0.5) is 0 Å². The molecule has 0 spiro atoms. The lowest BCUT2D eigenvalue weighted by Gasteiger charge is -2.07. The summed E-state index contributed by atoms with van der Waals surface area (Å²) in [5, 5.41) is 8.05. The van der Waals surface area contributed by atoms with Gasteiger partial charge in [-0.25, -0.2) is 9.67 Å². The van der Waals surface area contributed by atoms with Gasteiger partial charge in [0.15, 0.2) is 5.65 Å². The minimum Gasteiger partial charge on any atom is -0.351 e. The summed E-state index contributed by atoms with van der Waals surface area (Å²) in [4.78, 5) is 28.4. The summed E-state index contributed by atoms with van der Waals surface area (Å²) >= 11 is 5.88. The lowest BCUT2D eigenvalue weighted by molar-refractivity contribution is -0.116. The fourth-order valence-corrected chi connectivity index (χ4v) is 2.68. The number of hydrogen-bond donors (Lipinski definition) is 1. The summed E-state index contributed by atoms with van der Waals surface area (Å²) < 4.78 is 3.14. The van der Waals surface area contributed by atoms with Gasteiger partial charge >= 0.3 is 0 Å². The molecule has 134 valence electrons. The minimum atomic E-state index is -0.165. The predicted molar refractivity (Wildman–Crippen MR) is 100 cm³/mol. The molecule has 26 heavy (non-hydrogen) atoms. The molecule has 1 N–H and O–H groups in total. The second-order valence-electron chi connectivity index (χ2n) is 5.70. The van der Waals surface area contributed by atoms with Crippen LogP contribution in [-0.4, -0.2) is 31.8 Å². The number of nitrogens with zero attached hydrogens (tertiary/aromatic N) is 4. The third kappa shape index (κ3) is 4.00. The van der Waals surface area contributed by atoms with E-state index in [2.05, 4.69) is 15.4 Å². The van der Waals surface area contributed by atoms with Gasteiger partial charge in [-0.15, -0.1) is 0 Å². The highest BCUT2D eigenvalue weighted by molar-refractivity contribution is 6.30. The highest BCUT2D eigenvalue weighted by Crippen LogP contribution is 2.11. The first kappa shape index (κ1) is 17.9. The van der Waals surface area contributed by atoms with Crippen LogP contribution in [0.15, 0.2) is 53.7 Å². The van der Waals surface area contributed by atoms with Crippen molar-refractivity contribution in [2.45, 2.75) is 20.0 Å². The number of benzene rings is 1. The van der Waals surface area contributed by atoms with Gasteiger partial charge in [0.2, 0.25) is 5.91 Å². The van der Waals surface area contributed by atoms with Crippen LogP contribution in [0.25, 0.3) is 11.0 Å². The molecule has 1 aromatic carbocycles. The van der Waals surface area contributed by atoms with Crippen LogP contribution in [0.5, 0.6) is 0 Å². The molecule has 0 saturated heterocycles. The average molecular weight is 372 g/mol. The molecule has 3 aromatic rings. The first-order chi connectivity index (χ1) is 12.6. The third-order valence-corrected chi connectivity index (χ3v) is 4.08. The topological polar surface area (TPSA) is 81.8 Å². The standard InChI is InChI=1S/C18H18ClN5O2/c1-2-3-16(25)20-8-9-24-17-15(10-22-24)18(26)23(12-21-17)11-13-4-6-14(19)7-5-13/h2-7,10,12H,8-9,11H2,1H3,(H,20,25)/b3-2-. The van der Waals surface area contributed by atoms with Gasteiger partial charge in [-0.2, -0.15) is 5.10 Å². The number of fused-ring (bicyclic) bond motifs is 1. The molecule has 2 aromatic heterocycles. The quantitative estimate of drug-likeness (QED) is 0.672. The molecule has 0 unspecified atom stereocenters. The van der Waals surface area contributed by atoms with Crippen molar-refractivity contribution < 1.29 is 4.79 Å². The van der Waals surface area contributed by atoms with E-state index in [-0.39, 0.29) is 11.5 Å². The second-order valence-corrected chi connectivity index (χ2v) is 6.14. The molecule has 2 heterocycles.